The van der Waals surface area contributed by atoms with E-state index in [0.29, 0.717) is 28.4 Å². The Labute approximate surface area is 181 Å². The Morgan fingerprint density at radius 3 is 2.57 bits per heavy atom. The average molecular weight is 430 g/mol. The Hall–Kier alpha value is -2.83. The van der Waals surface area contributed by atoms with Crippen LogP contribution in [0, 0.1) is 0 Å². The first kappa shape index (κ1) is 21.9. The van der Waals surface area contributed by atoms with Gasteiger partial charge in [0.25, 0.3) is 11.7 Å². The van der Waals surface area contributed by atoms with E-state index in [9.17, 15) is 14.7 Å². The molecule has 0 saturated carbocycles. The fourth-order valence-corrected chi connectivity index (χ4v) is 3.86. The van der Waals surface area contributed by atoms with E-state index in [1.54, 1.807) is 42.5 Å². The number of carbonyl (C=O) groups is 2. The van der Waals surface area contributed by atoms with E-state index in [-0.39, 0.29) is 11.3 Å². The number of methoxy groups -OCH3 is 1. The second-order valence-corrected chi connectivity index (χ2v) is 8.03. The molecule has 1 saturated heterocycles. The molecule has 1 amide bonds. The number of likely N-dealkylation sites (tertiary alicyclic amines) is 1. The summed E-state index contributed by atoms with van der Waals surface area (Å²) in [6.45, 7) is 1.25. The zero-order valence-electron chi connectivity index (χ0n) is 17.3. The van der Waals surface area contributed by atoms with Crippen LogP contribution in [0.3, 0.4) is 0 Å². The van der Waals surface area contributed by atoms with Gasteiger partial charge in [-0.05, 0) is 29.8 Å². The van der Waals surface area contributed by atoms with Crippen LogP contribution >= 0.6 is 11.6 Å². The zero-order valence-corrected chi connectivity index (χ0v) is 18.1. The van der Waals surface area contributed by atoms with Gasteiger partial charge in [-0.1, -0.05) is 35.9 Å². The molecule has 0 aromatic heterocycles. The van der Waals surface area contributed by atoms with Crippen molar-refractivity contribution in [2.75, 3.05) is 34.3 Å². The van der Waals surface area contributed by atoms with Crippen LogP contribution in [0.1, 0.15) is 23.6 Å². The van der Waals surface area contributed by atoms with Crippen LogP contribution in [-0.4, -0.2) is 56.0 Å². The number of hydrogen-bond acceptors (Lipinski definition) is 4. The Balaban J connectivity index is 2.11. The lowest BCUT2D eigenvalue weighted by Gasteiger charge is -2.25. The van der Waals surface area contributed by atoms with Gasteiger partial charge in [0.1, 0.15) is 11.5 Å². The topological polar surface area (TPSA) is 71.3 Å². The maximum absolute atomic E-state index is 13.0. The predicted molar refractivity (Wildman–Crippen MR) is 116 cm³/mol. The van der Waals surface area contributed by atoms with E-state index in [2.05, 4.69) is 0 Å². The summed E-state index contributed by atoms with van der Waals surface area (Å²) in [5, 5.41) is 11.5. The number of carbonyl (C=O) groups excluding carboxylic acids is 2. The normalized spacial score (nSPS) is 18.3. The third-order valence-corrected chi connectivity index (χ3v) is 5.36. The summed E-state index contributed by atoms with van der Waals surface area (Å²) >= 11 is 6.19. The molecule has 1 heterocycles. The minimum absolute atomic E-state index is 0.0627. The summed E-state index contributed by atoms with van der Waals surface area (Å²) in [5.41, 5.74) is 1.16. The Bertz CT molecular complexity index is 987. The number of amides is 1. The molecule has 2 aromatic rings. The van der Waals surface area contributed by atoms with Crippen LogP contribution in [0.4, 0.5) is 0 Å². The van der Waals surface area contributed by atoms with E-state index in [0.717, 1.165) is 13.0 Å². The van der Waals surface area contributed by atoms with Crippen molar-refractivity contribution in [2.45, 2.75) is 12.5 Å². The van der Waals surface area contributed by atoms with Gasteiger partial charge in [-0.3, -0.25) is 9.59 Å². The largest absolute Gasteiger partial charge is 0.507 e. The standard InChI is InChI=1S/C23H25ClN2O4/c1-25(2)11-6-12-26-20(15-7-4-9-17(24)13-15)19(22(28)23(26)29)21(27)16-8-5-10-18(14-16)30-3/h4-5,7-10,13-14,20,27H,6,11-12H2,1-3H3/p+1/b21-19-/t20-/m1/s1. The quantitative estimate of drug-likeness (QED) is 0.402. The summed E-state index contributed by atoms with van der Waals surface area (Å²) in [6, 6.07) is 13.1. The molecule has 0 radical (unpaired) electrons. The van der Waals surface area contributed by atoms with Gasteiger partial charge >= 0.3 is 0 Å². The van der Waals surface area contributed by atoms with Crippen LogP contribution < -0.4 is 9.64 Å². The monoisotopic (exact) mass is 429 g/mol. The number of aliphatic hydroxyl groups excluding tert-OH is 1. The number of nitrogens with zero attached hydrogens (tertiary/aromatic N) is 1. The first-order chi connectivity index (χ1) is 14.3. The number of quaternary nitrogens is 1. The third-order valence-electron chi connectivity index (χ3n) is 5.12. The van der Waals surface area contributed by atoms with Crippen molar-refractivity contribution < 1.29 is 24.3 Å². The van der Waals surface area contributed by atoms with Gasteiger partial charge < -0.3 is 19.6 Å². The van der Waals surface area contributed by atoms with Gasteiger partial charge in [0.15, 0.2) is 0 Å². The Morgan fingerprint density at radius 1 is 1.17 bits per heavy atom. The van der Waals surface area contributed by atoms with Crippen LogP contribution in [0.25, 0.3) is 5.76 Å². The molecule has 0 spiro atoms. The van der Waals surface area contributed by atoms with E-state index in [1.165, 1.54) is 16.9 Å². The number of nitrogens with one attached hydrogen (secondary N) is 1. The first-order valence-electron chi connectivity index (χ1n) is 9.80. The molecule has 158 valence electrons. The summed E-state index contributed by atoms with van der Waals surface area (Å²) in [7, 11) is 5.59. The van der Waals surface area contributed by atoms with Gasteiger partial charge in [-0.2, -0.15) is 0 Å². The van der Waals surface area contributed by atoms with E-state index < -0.39 is 17.7 Å². The van der Waals surface area contributed by atoms with Crippen molar-refractivity contribution in [3.63, 3.8) is 0 Å². The highest BCUT2D eigenvalue weighted by Gasteiger charge is 2.45. The van der Waals surface area contributed by atoms with Crippen LogP contribution in [0.5, 0.6) is 5.75 Å². The second-order valence-electron chi connectivity index (χ2n) is 7.59. The predicted octanol–water partition coefficient (Wildman–Crippen LogP) is 2.30. The molecule has 1 aliphatic heterocycles. The molecule has 0 unspecified atom stereocenters. The minimum Gasteiger partial charge on any atom is -0.507 e. The Morgan fingerprint density at radius 2 is 1.90 bits per heavy atom. The molecule has 0 aliphatic carbocycles. The molecule has 30 heavy (non-hydrogen) atoms. The second kappa shape index (κ2) is 9.32. The summed E-state index contributed by atoms with van der Waals surface area (Å²) in [6.07, 6.45) is 0.728. The molecule has 1 aliphatic rings. The van der Waals surface area contributed by atoms with E-state index in [1.807, 2.05) is 20.2 Å². The SMILES string of the molecule is COc1cccc(/C(O)=C2/C(=O)C(=O)N(CCC[NH+](C)C)[C@@H]2c2cccc(Cl)c2)c1. The number of benzene rings is 2. The lowest BCUT2D eigenvalue weighted by molar-refractivity contribution is -0.858. The summed E-state index contributed by atoms with van der Waals surface area (Å²) < 4.78 is 5.22. The highest BCUT2D eigenvalue weighted by Crippen LogP contribution is 2.40. The number of aliphatic hydroxyl groups is 1. The fraction of sp³-hybridized carbons (Fsp3) is 0.304. The molecule has 6 nitrogen and oxygen atoms in total. The summed E-state index contributed by atoms with van der Waals surface area (Å²) in [5.74, 6) is -0.991. The van der Waals surface area contributed by atoms with Crippen molar-refractivity contribution in [3.05, 3.63) is 70.3 Å². The van der Waals surface area contributed by atoms with Crippen molar-refractivity contribution in [1.82, 2.24) is 4.90 Å². The van der Waals surface area contributed by atoms with Gasteiger partial charge in [-0.15, -0.1) is 0 Å². The zero-order chi connectivity index (χ0) is 21.8. The molecule has 0 bridgehead atoms. The summed E-state index contributed by atoms with van der Waals surface area (Å²) in [4.78, 5) is 28.6. The maximum Gasteiger partial charge on any atom is 0.295 e. The third kappa shape index (κ3) is 4.50. The molecule has 2 aromatic carbocycles. The molecule has 2 N–H and O–H groups in total. The number of Topliss-reactive ketones (excluding diaryl/α,β-unsaturated/α-hetero) is 1. The van der Waals surface area contributed by atoms with Crippen LogP contribution in [-0.2, 0) is 9.59 Å². The van der Waals surface area contributed by atoms with Crippen molar-refractivity contribution in [1.29, 1.82) is 0 Å². The molecule has 1 atom stereocenters. The number of ether oxygens (including phenoxy) is 1. The number of halogens is 1. The first-order valence-corrected chi connectivity index (χ1v) is 10.2. The van der Waals surface area contributed by atoms with E-state index in [4.69, 9.17) is 16.3 Å². The highest BCUT2D eigenvalue weighted by molar-refractivity contribution is 6.46. The smallest absolute Gasteiger partial charge is 0.295 e. The molecular formula is C23H26ClN2O4+. The van der Waals surface area contributed by atoms with Crippen molar-refractivity contribution >= 4 is 29.1 Å². The van der Waals surface area contributed by atoms with Crippen LogP contribution in [0.2, 0.25) is 5.02 Å². The van der Waals surface area contributed by atoms with Gasteiger partial charge in [0.05, 0.1) is 39.4 Å². The van der Waals surface area contributed by atoms with Crippen molar-refractivity contribution in [3.8, 4) is 5.75 Å². The lowest BCUT2D eigenvalue weighted by atomic mass is 9.95. The number of ketones is 1. The number of rotatable bonds is 7. The highest BCUT2D eigenvalue weighted by atomic mass is 35.5. The van der Waals surface area contributed by atoms with Gasteiger partial charge in [-0.25, -0.2) is 0 Å². The molecule has 7 heteroatoms. The van der Waals surface area contributed by atoms with Gasteiger partial charge in [0.2, 0.25) is 0 Å². The molecule has 1 fully saturated rings. The molecule has 3 rings (SSSR count). The lowest BCUT2D eigenvalue weighted by Crippen LogP contribution is -3.05. The van der Waals surface area contributed by atoms with Crippen LogP contribution in [0.15, 0.2) is 54.1 Å². The maximum atomic E-state index is 13.0. The minimum atomic E-state index is -0.702. The number of hydrogen-bond donors (Lipinski definition) is 2. The Kier molecular flexibility index (Phi) is 6.80. The van der Waals surface area contributed by atoms with E-state index >= 15 is 0 Å². The average Bonchev–Trinajstić information content (AvgIpc) is 2.98. The molecular weight excluding hydrogens is 404 g/mol. The van der Waals surface area contributed by atoms with Crippen molar-refractivity contribution in [2.24, 2.45) is 0 Å². The fourth-order valence-electron chi connectivity index (χ4n) is 3.66. The van der Waals surface area contributed by atoms with Gasteiger partial charge in [0, 0.05) is 23.6 Å².